The monoisotopic (exact) mass is 403 g/mol. The molecule has 4 unspecified atom stereocenters. The Labute approximate surface area is 175 Å². The molecule has 6 rings (SSSR count). The number of ether oxygens (including phenoxy) is 1. The third-order valence-corrected chi connectivity index (χ3v) is 7.54. The summed E-state index contributed by atoms with van der Waals surface area (Å²) in [5, 5.41) is 27.1. The van der Waals surface area contributed by atoms with Crippen LogP contribution >= 0.6 is 0 Å². The molecule has 3 fully saturated rings. The number of phenolic OH excluding ortho intramolecular Hbond substituents is 1. The van der Waals surface area contributed by atoms with E-state index in [-0.39, 0.29) is 11.9 Å². The van der Waals surface area contributed by atoms with Gasteiger partial charge >= 0.3 is 0 Å². The van der Waals surface area contributed by atoms with Crippen molar-refractivity contribution in [2.45, 2.75) is 45.3 Å². The standard InChI is InChI=1S/C23H25N5O2/c1-14-7-8-28(27-14)15-3-4-17(19(29)9-15)18-5-6-21(26-25-18)30-16-10-20-22(2)12-23(22,11-16)13-24-20/h3-9,16,20,24,29H,10-13H2,1-2H3. The van der Waals surface area contributed by atoms with Gasteiger partial charge in [-0.1, -0.05) is 6.92 Å². The van der Waals surface area contributed by atoms with E-state index in [9.17, 15) is 5.11 Å². The number of hydrogen-bond acceptors (Lipinski definition) is 6. The van der Waals surface area contributed by atoms with Crippen molar-refractivity contribution in [1.82, 2.24) is 25.3 Å². The topological polar surface area (TPSA) is 85.1 Å². The molecule has 0 radical (unpaired) electrons. The number of piperidine rings is 1. The van der Waals surface area contributed by atoms with Crippen molar-refractivity contribution in [2.75, 3.05) is 6.54 Å². The van der Waals surface area contributed by atoms with Crippen molar-refractivity contribution in [3.8, 4) is 28.6 Å². The second-order valence-corrected chi connectivity index (χ2v) is 9.35. The van der Waals surface area contributed by atoms with Gasteiger partial charge in [-0.2, -0.15) is 5.10 Å². The van der Waals surface area contributed by atoms with E-state index in [1.165, 1.54) is 6.42 Å². The van der Waals surface area contributed by atoms with Crippen molar-refractivity contribution < 1.29 is 9.84 Å². The molecule has 30 heavy (non-hydrogen) atoms. The molecular weight excluding hydrogens is 378 g/mol. The van der Waals surface area contributed by atoms with Crippen LogP contribution < -0.4 is 10.1 Å². The van der Waals surface area contributed by atoms with E-state index in [4.69, 9.17) is 4.74 Å². The predicted octanol–water partition coefficient (Wildman–Crippen LogP) is 3.25. The first-order chi connectivity index (χ1) is 14.5. The summed E-state index contributed by atoms with van der Waals surface area (Å²) in [6.07, 6.45) is 5.48. The molecule has 1 saturated heterocycles. The van der Waals surface area contributed by atoms with E-state index in [0.29, 0.717) is 34.0 Å². The van der Waals surface area contributed by atoms with Crippen LogP contribution in [-0.4, -0.2) is 43.8 Å². The zero-order valence-electron chi connectivity index (χ0n) is 17.2. The Morgan fingerprint density at radius 2 is 2.10 bits per heavy atom. The first-order valence-electron chi connectivity index (χ1n) is 10.6. The minimum atomic E-state index is 0.144. The van der Waals surface area contributed by atoms with E-state index < -0.39 is 0 Å². The van der Waals surface area contributed by atoms with Gasteiger partial charge in [-0.25, -0.2) is 4.68 Å². The van der Waals surface area contributed by atoms with Crippen LogP contribution in [0.15, 0.2) is 42.6 Å². The van der Waals surface area contributed by atoms with Gasteiger partial charge in [0.1, 0.15) is 11.9 Å². The van der Waals surface area contributed by atoms with Gasteiger partial charge in [0.05, 0.1) is 17.1 Å². The van der Waals surface area contributed by atoms with E-state index in [0.717, 1.165) is 30.8 Å². The van der Waals surface area contributed by atoms with Gasteiger partial charge in [0.2, 0.25) is 5.88 Å². The lowest BCUT2D eigenvalue weighted by Crippen LogP contribution is -2.38. The fourth-order valence-electron chi connectivity index (χ4n) is 5.69. The van der Waals surface area contributed by atoms with E-state index in [1.54, 1.807) is 10.7 Å². The molecule has 1 aromatic carbocycles. The average molecular weight is 403 g/mol. The maximum absolute atomic E-state index is 10.5. The Hall–Kier alpha value is -2.93. The number of aromatic nitrogens is 4. The summed E-state index contributed by atoms with van der Waals surface area (Å²) in [4.78, 5) is 0. The highest BCUT2D eigenvalue weighted by Crippen LogP contribution is 2.73. The highest BCUT2D eigenvalue weighted by atomic mass is 16.5. The van der Waals surface area contributed by atoms with Crippen LogP contribution in [-0.2, 0) is 0 Å². The molecule has 3 heterocycles. The third-order valence-electron chi connectivity index (χ3n) is 7.54. The van der Waals surface area contributed by atoms with Crippen LogP contribution in [0.2, 0.25) is 0 Å². The number of aromatic hydroxyl groups is 1. The molecule has 2 bridgehead atoms. The van der Waals surface area contributed by atoms with Crippen LogP contribution in [0, 0.1) is 17.8 Å². The predicted molar refractivity (Wildman–Crippen MR) is 112 cm³/mol. The summed E-state index contributed by atoms with van der Waals surface area (Å²) >= 11 is 0. The number of hydrogen-bond donors (Lipinski definition) is 2. The molecule has 4 atom stereocenters. The Balaban J connectivity index is 1.18. The maximum Gasteiger partial charge on any atom is 0.233 e. The van der Waals surface area contributed by atoms with E-state index >= 15 is 0 Å². The van der Waals surface area contributed by atoms with Gasteiger partial charge in [-0.15, -0.1) is 10.2 Å². The van der Waals surface area contributed by atoms with Gasteiger partial charge in [-0.3, -0.25) is 0 Å². The minimum Gasteiger partial charge on any atom is -0.507 e. The molecule has 0 spiro atoms. The second-order valence-electron chi connectivity index (χ2n) is 9.35. The number of nitrogens with zero attached hydrogens (tertiary/aromatic N) is 4. The van der Waals surface area contributed by atoms with Crippen LogP contribution in [0.1, 0.15) is 31.9 Å². The van der Waals surface area contributed by atoms with Crippen LogP contribution in [0.25, 0.3) is 16.9 Å². The number of rotatable bonds is 4. The number of nitrogens with one attached hydrogen (secondary N) is 1. The summed E-state index contributed by atoms with van der Waals surface area (Å²) in [6, 6.07) is 11.6. The fraction of sp³-hybridized carbons (Fsp3) is 0.435. The largest absolute Gasteiger partial charge is 0.507 e. The Kier molecular flexibility index (Phi) is 3.60. The van der Waals surface area contributed by atoms with Gasteiger partial charge in [-0.05, 0) is 54.9 Å². The minimum absolute atomic E-state index is 0.144. The lowest BCUT2D eigenvalue weighted by atomic mass is 9.79. The van der Waals surface area contributed by atoms with Gasteiger partial charge in [0, 0.05) is 42.9 Å². The lowest BCUT2D eigenvalue weighted by molar-refractivity contribution is 0.102. The average Bonchev–Trinajstić information content (AvgIpc) is 3.07. The van der Waals surface area contributed by atoms with Gasteiger partial charge in [0.15, 0.2) is 0 Å². The normalized spacial score (nSPS) is 31.4. The molecule has 154 valence electrons. The Morgan fingerprint density at radius 1 is 1.20 bits per heavy atom. The smallest absolute Gasteiger partial charge is 0.233 e. The Morgan fingerprint density at radius 3 is 2.77 bits per heavy atom. The number of phenols is 1. The molecule has 1 aliphatic heterocycles. The van der Waals surface area contributed by atoms with E-state index in [1.807, 2.05) is 43.5 Å². The fourth-order valence-corrected chi connectivity index (χ4v) is 5.69. The van der Waals surface area contributed by atoms with Crippen LogP contribution in [0.3, 0.4) is 0 Å². The second kappa shape index (κ2) is 6.04. The van der Waals surface area contributed by atoms with Crippen LogP contribution in [0.5, 0.6) is 11.6 Å². The van der Waals surface area contributed by atoms with Crippen molar-refractivity contribution in [2.24, 2.45) is 10.8 Å². The first kappa shape index (κ1) is 17.9. The molecule has 3 aliphatic rings. The molecule has 2 aromatic heterocycles. The highest BCUT2D eigenvalue weighted by Gasteiger charge is 2.73. The molecular formula is C23H25N5O2. The first-order valence-corrected chi connectivity index (χ1v) is 10.6. The summed E-state index contributed by atoms with van der Waals surface area (Å²) in [5.74, 6) is 0.692. The molecule has 7 nitrogen and oxygen atoms in total. The zero-order chi connectivity index (χ0) is 20.5. The van der Waals surface area contributed by atoms with Crippen molar-refractivity contribution in [3.05, 3.63) is 48.3 Å². The summed E-state index contributed by atoms with van der Waals surface area (Å²) in [5.41, 5.74) is 3.86. The van der Waals surface area contributed by atoms with Crippen molar-refractivity contribution in [3.63, 3.8) is 0 Å². The summed E-state index contributed by atoms with van der Waals surface area (Å²) < 4.78 is 7.92. The van der Waals surface area contributed by atoms with Gasteiger partial charge < -0.3 is 15.2 Å². The molecule has 2 N–H and O–H groups in total. The van der Waals surface area contributed by atoms with Crippen molar-refractivity contribution >= 4 is 0 Å². The maximum atomic E-state index is 10.5. The SMILES string of the molecule is Cc1ccn(-c2ccc(-c3ccc(OC4CC5NCC6(C4)CC56C)nn3)c(O)c2)n1. The van der Waals surface area contributed by atoms with Crippen LogP contribution in [0.4, 0.5) is 0 Å². The molecule has 2 saturated carbocycles. The van der Waals surface area contributed by atoms with Crippen molar-refractivity contribution in [1.29, 1.82) is 0 Å². The lowest BCUT2D eigenvalue weighted by Gasteiger charge is -2.31. The highest BCUT2D eigenvalue weighted by molar-refractivity contribution is 5.68. The third kappa shape index (κ3) is 2.58. The molecule has 7 heteroatoms. The van der Waals surface area contributed by atoms with E-state index in [2.05, 4.69) is 27.5 Å². The molecule has 0 amide bonds. The number of aryl methyl sites for hydroxylation is 1. The quantitative estimate of drug-likeness (QED) is 0.696. The Bertz CT molecular complexity index is 1120. The summed E-state index contributed by atoms with van der Waals surface area (Å²) in [7, 11) is 0. The molecule has 2 aliphatic carbocycles. The molecule has 3 aromatic rings. The van der Waals surface area contributed by atoms with Gasteiger partial charge in [0.25, 0.3) is 0 Å². The number of benzene rings is 1. The summed E-state index contributed by atoms with van der Waals surface area (Å²) in [6.45, 7) is 5.46. The zero-order valence-corrected chi connectivity index (χ0v) is 17.2.